The first-order valence-electron chi connectivity index (χ1n) is 5.62. The first kappa shape index (κ1) is 17.3. The zero-order valence-electron chi connectivity index (χ0n) is 11.4. The number of nitrogens with one attached hydrogen (secondary N) is 1. The van der Waals surface area contributed by atoms with E-state index >= 15 is 0 Å². The Morgan fingerprint density at radius 3 is 2.28 bits per heavy atom. The summed E-state index contributed by atoms with van der Waals surface area (Å²) in [6.07, 6.45) is 0. The molecule has 1 atom stereocenters. The summed E-state index contributed by atoms with van der Waals surface area (Å²) in [5, 5.41) is 12.1. The van der Waals surface area contributed by atoms with E-state index in [0.717, 1.165) is 5.01 Å². The zero-order chi connectivity index (χ0) is 13.2. The molecule has 0 saturated carbocycles. The van der Waals surface area contributed by atoms with E-state index in [9.17, 15) is 4.79 Å². The molecule has 0 aliphatic heterocycles. The maximum Gasteiger partial charge on any atom is 0.243 e. The van der Waals surface area contributed by atoms with Crippen molar-refractivity contribution in [1.82, 2.24) is 10.2 Å². The van der Waals surface area contributed by atoms with Gasteiger partial charge in [0.05, 0.1) is 6.04 Å². The average molecular weight is 293 g/mol. The van der Waals surface area contributed by atoms with Crippen LogP contribution in [0.4, 0.5) is 5.13 Å². The number of carbonyl (C=O) groups is 1. The quantitative estimate of drug-likeness (QED) is 0.895. The third-order valence-electron chi connectivity index (χ3n) is 2.32. The number of rotatable bonds is 3. The Bertz CT molecular complexity index is 400. The minimum Gasteiger partial charge on any atom is -0.320 e. The molecule has 1 aromatic rings. The molecule has 5 nitrogen and oxygen atoms in total. The number of nitrogens with two attached hydrogens (primary N) is 1. The summed E-state index contributed by atoms with van der Waals surface area (Å²) >= 11 is 1.39. The van der Waals surface area contributed by atoms with Crippen LogP contribution >= 0.6 is 23.7 Å². The summed E-state index contributed by atoms with van der Waals surface area (Å²) in [6, 6.07) is -0.517. The molecule has 0 fully saturated rings. The number of hydrogen-bond acceptors (Lipinski definition) is 5. The Hall–Kier alpha value is -0.720. The number of hydrogen-bond donors (Lipinski definition) is 2. The SMILES string of the molecule is CC(C)[C@H](N)C(=O)Nc1nnc(C(C)(C)C)s1.Cl. The number of anilines is 1. The molecule has 1 aromatic heterocycles. The van der Waals surface area contributed by atoms with Crippen molar-refractivity contribution in [2.75, 3.05) is 5.32 Å². The predicted octanol–water partition coefficient (Wildman–Crippen LogP) is 2.18. The molecule has 1 amide bonds. The van der Waals surface area contributed by atoms with Crippen LogP contribution < -0.4 is 11.1 Å². The average Bonchev–Trinajstić information content (AvgIpc) is 2.64. The highest BCUT2D eigenvalue weighted by Crippen LogP contribution is 2.27. The van der Waals surface area contributed by atoms with Crippen LogP contribution in [0.5, 0.6) is 0 Å². The fraction of sp³-hybridized carbons (Fsp3) is 0.727. The first-order valence-corrected chi connectivity index (χ1v) is 6.44. The Morgan fingerprint density at radius 1 is 1.33 bits per heavy atom. The maximum atomic E-state index is 11.7. The van der Waals surface area contributed by atoms with Crippen LogP contribution in [-0.4, -0.2) is 22.1 Å². The summed E-state index contributed by atoms with van der Waals surface area (Å²) in [7, 11) is 0. The topological polar surface area (TPSA) is 80.9 Å². The van der Waals surface area contributed by atoms with Gasteiger partial charge >= 0.3 is 0 Å². The standard InChI is InChI=1S/C11H20N4OS.ClH/c1-6(2)7(12)8(16)13-10-15-14-9(17-10)11(3,4)5;/h6-7H,12H2,1-5H3,(H,13,15,16);1H/t7-;/m0./s1. The molecule has 18 heavy (non-hydrogen) atoms. The fourth-order valence-corrected chi connectivity index (χ4v) is 1.87. The molecule has 0 aromatic carbocycles. The van der Waals surface area contributed by atoms with E-state index in [-0.39, 0.29) is 29.6 Å². The summed E-state index contributed by atoms with van der Waals surface area (Å²) in [6.45, 7) is 9.98. The Morgan fingerprint density at radius 2 is 1.89 bits per heavy atom. The third-order valence-corrected chi connectivity index (χ3v) is 3.58. The van der Waals surface area contributed by atoms with E-state index in [1.54, 1.807) is 0 Å². The van der Waals surface area contributed by atoms with Gasteiger partial charge in [-0.3, -0.25) is 10.1 Å². The molecule has 3 N–H and O–H groups in total. The summed E-state index contributed by atoms with van der Waals surface area (Å²) in [4.78, 5) is 11.7. The summed E-state index contributed by atoms with van der Waals surface area (Å²) in [5.74, 6) is -0.110. The van der Waals surface area contributed by atoms with Crippen molar-refractivity contribution < 1.29 is 4.79 Å². The van der Waals surface area contributed by atoms with Gasteiger partial charge in [-0.25, -0.2) is 0 Å². The van der Waals surface area contributed by atoms with Gasteiger partial charge in [-0.15, -0.1) is 22.6 Å². The second kappa shape index (κ2) is 6.45. The van der Waals surface area contributed by atoms with Gasteiger partial charge in [0.1, 0.15) is 5.01 Å². The van der Waals surface area contributed by atoms with Crippen LogP contribution in [0.3, 0.4) is 0 Å². The number of amides is 1. The van der Waals surface area contributed by atoms with Crippen LogP contribution in [-0.2, 0) is 10.2 Å². The van der Waals surface area contributed by atoms with Gasteiger partial charge in [-0.1, -0.05) is 46.0 Å². The molecule has 0 aliphatic rings. The predicted molar refractivity (Wildman–Crippen MR) is 77.3 cm³/mol. The minimum absolute atomic E-state index is 0. The lowest BCUT2D eigenvalue weighted by Crippen LogP contribution is -2.39. The van der Waals surface area contributed by atoms with Crippen molar-refractivity contribution >= 4 is 34.8 Å². The number of halogens is 1. The minimum atomic E-state index is -0.517. The van der Waals surface area contributed by atoms with Crippen LogP contribution in [0.1, 0.15) is 39.6 Å². The number of carbonyl (C=O) groups excluding carboxylic acids is 1. The Balaban J connectivity index is 0.00000289. The largest absolute Gasteiger partial charge is 0.320 e. The maximum absolute atomic E-state index is 11.7. The van der Waals surface area contributed by atoms with E-state index < -0.39 is 6.04 Å². The van der Waals surface area contributed by atoms with Gasteiger partial charge in [0.15, 0.2) is 0 Å². The highest BCUT2D eigenvalue weighted by Gasteiger charge is 2.22. The van der Waals surface area contributed by atoms with E-state index in [0.29, 0.717) is 5.13 Å². The summed E-state index contributed by atoms with van der Waals surface area (Å²) in [5.41, 5.74) is 5.69. The molecule has 104 valence electrons. The van der Waals surface area contributed by atoms with Crippen molar-refractivity contribution in [3.05, 3.63) is 5.01 Å². The number of aromatic nitrogens is 2. The van der Waals surface area contributed by atoms with Crippen molar-refractivity contribution in [1.29, 1.82) is 0 Å². The highest BCUT2D eigenvalue weighted by molar-refractivity contribution is 7.15. The van der Waals surface area contributed by atoms with Crippen molar-refractivity contribution in [3.8, 4) is 0 Å². The van der Waals surface area contributed by atoms with Gasteiger partial charge in [-0.05, 0) is 5.92 Å². The molecule has 7 heteroatoms. The zero-order valence-corrected chi connectivity index (χ0v) is 13.0. The smallest absolute Gasteiger partial charge is 0.243 e. The van der Waals surface area contributed by atoms with Gasteiger partial charge in [0.25, 0.3) is 0 Å². The molecule has 0 bridgehead atoms. The second-order valence-corrected chi connectivity index (χ2v) is 6.40. The molecule has 0 spiro atoms. The molecule has 1 rings (SSSR count). The molecule has 1 heterocycles. The Labute approximate surface area is 118 Å². The van der Waals surface area contributed by atoms with Gasteiger partial charge < -0.3 is 5.73 Å². The molecular formula is C11H21ClN4OS. The van der Waals surface area contributed by atoms with E-state index in [4.69, 9.17) is 5.73 Å². The molecule has 0 saturated heterocycles. The molecular weight excluding hydrogens is 272 g/mol. The summed E-state index contributed by atoms with van der Waals surface area (Å²) < 4.78 is 0. The molecule has 0 aliphatic carbocycles. The van der Waals surface area contributed by atoms with E-state index in [1.165, 1.54) is 11.3 Å². The highest BCUT2D eigenvalue weighted by atomic mass is 35.5. The lowest BCUT2D eigenvalue weighted by atomic mass is 9.98. The van der Waals surface area contributed by atoms with Crippen LogP contribution in [0.15, 0.2) is 0 Å². The lowest BCUT2D eigenvalue weighted by molar-refractivity contribution is -0.118. The van der Waals surface area contributed by atoms with Gasteiger partial charge in [0, 0.05) is 5.41 Å². The van der Waals surface area contributed by atoms with Crippen molar-refractivity contribution in [3.63, 3.8) is 0 Å². The van der Waals surface area contributed by atoms with E-state index in [1.807, 2.05) is 13.8 Å². The van der Waals surface area contributed by atoms with Crippen LogP contribution in [0.2, 0.25) is 0 Å². The van der Waals surface area contributed by atoms with E-state index in [2.05, 4.69) is 36.3 Å². The normalized spacial score (nSPS) is 13.1. The van der Waals surface area contributed by atoms with Gasteiger partial charge in [0.2, 0.25) is 11.0 Å². The first-order chi connectivity index (χ1) is 7.71. The third kappa shape index (κ3) is 4.51. The molecule has 0 radical (unpaired) electrons. The van der Waals surface area contributed by atoms with Gasteiger partial charge in [-0.2, -0.15) is 0 Å². The van der Waals surface area contributed by atoms with Crippen LogP contribution in [0.25, 0.3) is 0 Å². The van der Waals surface area contributed by atoms with Crippen LogP contribution in [0, 0.1) is 5.92 Å². The van der Waals surface area contributed by atoms with Crippen molar-refractivity contribution in [2.45, 2.75) is 46.1 Å². The monoisotopic (exact) mass is 292 g/mol. The fourth-order valence-electron chi connectivity index (χ4n) is 1.07. The second-order valence-electron chi connectivity index (χ2n) is 5.42. The Kier molecular flexibility index (Phi) is 6.19. The number of nitrogens with zero attached hydrogens (tertiary/aromatic N) is 2. The lowest BCUT2D eigenvalue weighted by Gasteiger charge is -2.14. The van der Waals surface area contributed by atoms with Crippen molar-refractivity contribution in [2.24, 2.45) is 11.7 Å². The molecule has 0 unspecified atom stereocenters.